The number of benzene rings is 9. The molecule has 58 heavy (non-hydrogen) atoms. The highest BCUT2D eigenvalue weighted by atomic mass is 15.2. The zero-order chi connectivity index (χ0) is 39.0. The highest BCUT2D eigenvalue weighted by Gasteiger charge is 2.25. The normalized spacial score (nSPS) is 11.3. The molecular weight excluding hydrogens is 701 g/mol. The quantitative estimate of drug-likeness (QED) is 0.150. The highest BCUT2D eigenvalue weighted by Crippen LogP contribution is 2.48. The van der Waals surface area contributed by atoms with Crippen LogP contribution in [-0.4, -0.2) is 4.57 Å². The van der Waals surface area contributed by atoms with Crippen molar-refractivity contribution < 1.29 is 0 Å². The summed E-state index contributed by atoms with van der Waals surface area (Å²) in [4.78, 5) is 2.46. The van der Waals surface area contributed by atoms with Crippen LogP contribution in [0.1, 0.15) is 11.1 Å². The number of fused-ring (bicyclic) bond motifs is 3. The van der Waals surface area contributed by atoms with Gasteiger partial charge in [0.15, 0.2) is 0 Å². The number of anilines is 3. The van der Waals surface area contributed by atoms with E-state index in [0.717, 1.165) is 28.1 Å². The van der Waals surface area contributed by atoms with Gasteiger partial charge in [0.2, 0.25) is 0 Å². The first-order chi connectivity index (χ1) is 28.6. The molecule has 0 radical (unpaired) electrons. The van der Waals surface area contributed by atoms with E-state index in [9.17, 15) is 0 Å². The van der Waals surface area contributed by atoms with Crippen molar-refractivity contribution in [2.45, 2.75) is 13.8 Å². The average molecular weight is 743 g/mol. The Bertz CT molecular complexity index is 2970. The Labute approximate surface area is 340 Å². The van der Waals surface area contributed by atoms with Crippen molar-refractivity contribution >= 4 is 38.9 Å². The summed E-state index contributed by atoms with van der Waals surface area (Å²) in [6, 6.07) is 79.6. The maximum atomic E-state index is 2.51. The second kappa shape index (κ2) is 14.9. The molecule has 0 bridgehead atoms. The Morgan fingerprint density at radius 3 is 1.43 bits per heavy atom. The number of nitrogens with zero attached hydrogens (tertiary/aromatic N) is 2. The standard InChI is InChI=1S/C56H42N2/c1-39-27-31-44(32-28-39)48-21-13-22-49(45-33-29-40(2)30-34-45)56(48)58-52-24-12-10-20-50(52)55-53(25-14-26-54(55)58)57(46-37-35-42(36-38-46)41-15-5-3-6-16-41)51-23-11-9-19-47(51)43-17-7-4-8-18-43/h3-38H,1-2H3. The fourth-order valence-electron chi connectivity index (χ4n) is 8.52. The van der Waals surface area contributed by atoms with Crippen molar-refractivity contribution in [3.63, 3.8) is 0 Å². The Morgan fingerprint density at radius 2 is 0.776 bits per heavy atom. The van der Waals surface area contributed by atoms with Crippen LogP contribution in [0.5, 0.6) is 0 Å². The molecule has 2 nitrogen and oxygen atoms in total. The fourth-order valence-corrected chi connectivity index (χ4v) is 8.52. The van der Waals surface area contributed by atoms with Crippen LogP contribution in [0, 0.1) is 13.8 Å². The van der Waals surface area contributed by atoms with Gasteiger partial charge in [-0.2, -0.15) is 0 Å². The summed E-state index contributed by atoms with van der Waals surface area (Å²) in [5, 5.41) is 2.39. The maximum Gasteiger partial charge on any atom is 0.0618 e. The van der Waals surface area contributed by atoms with E-state index >= 15 is 0 Å². The average Bonchev–Trinajstić information content (AvgIpc) is 3.62. The summed E-state index contributed by atoms with van der Waals surface area (Å²) in [5.41, 5.74) is 18.8. The molecular formula is C56H42N2. The molecule has 0 amide bonds. The molecule has 10 aromatic rings. The summed E-state index contributed by atoms with van der Waals surface area (Å²) < 4.78 is 2.51. The van der Waals surface area contributed by atoms with Crippen molar-refractivity contribution in [2.75, 3.05) is 4.90 Å². The van der Waals surface area contributed by atoms with Crippen LogP contribution in [0.15, 0.2) is 218 Å². The van der Waals surface area contributed by atoms with Gasteiger partial charge in [-0.25, -0.2) is 0 Å². The van der Waals surface area contributed by atoms with Crippen LogP contribution in [0.3, 0.4) is 0 Å². The second-order valence-corrected chi connectivity index (χ2v) is 15.1. The molecule has 1 heterocycles. The molecule has 2 heteroatoms. The lowest BCUT2D eigenvalue weighted by atomic mass is 9.94. The monoisotopic (exact) mass is 742 g/mol. The summed E-state index contributed by atoms with van der Waals surface area (Å²) in [7, 11) is 0. The molecule has 10 rings (SSSR count). The minimum Gasteiger partial charge on any atom is -0.309 e. The minimum absolute atomic E-state index is 1.09. The molecule has 0 spiro atoms. The largest absolute Gasteiger partial charge is 0.309 e. The lowest BCUT2D eigenvalue weighted by Gasteiger charge is -2.29. The van der Waals surface area contributed by atoms with E-state index in [0.29, 0.717) is 0 Å². The lowest BCUT2D eigenvalue weighted by Crippen LogP contribution is -2.11. The number of rotatable bonds is 8. The third-order valence-corrected chi connectivity index (χ3v) is 11.4. The van der Waals surface area contributed by atoms with Crippen molar-refractivity contribution in [3.05, 3.63) is 230 Å². The first-order valence-electron chi connectivity index (χ1n) is 20.0. The van der Waals surface area contributed by atoms with Crippen LogP contribution >= 0.6 is 0 Å². The van der Waals surface area contributed by atoms with Gasteiger partial charge in [-0.15, -0.1) is 0 Å². The number of hydrogen-bond donors (Lipinski definition) is 0. The zero-order valence-corrected chi connectivity index (χ0v) is 32.7. The molecule has 0 atom stereocenters. The summed E-state index contributed by atoms with van der Waals surface area (Å²) in [6.07, 6.45) is 0. The number of hydrogen-bond acceptors (Lipinski definition) is 1. The van der Waals surface area contributed by atoms with Crippen molar-refractivity contribution in [1.29, 1.82) is 0 Å². The molecule has 1 aromatic heterocycles. The zero-order valence-electron chi connectivity index (χ0n) is 32.7. The smallest absolute Gasteiger partial charge is 0.0618 e. The first kappa shape index (κ1) is 35.0. The van der Waals surface area contributed by atoms with Crippen LogP contribution in [0.2, 0.25) is 0 Å². The molecule has 0 saturated carbocycles. The summed E-state index contributed by atoms with van der Waals surface area (Å²) >= 11 is 0. The van der Waals surface area contributed by atoms with Gasteiger partial charge in [0.05, 0.1) is 28.1 Å². The van der Waals surface area contributed by atoms with Gasteiger partial charge in [-0.3, -0.25) is 0 Å². The molecule has 0 aliphatic heterocycles. The van der Waals surface area contributed by atoms with Crippen molar-refractivity contribution in [2.24, 2.45) is 0 Å². The van der Waals surface area contributed by atoms with Gasteiger partial charge in [0.25, 0.3) is 0 Å². The van der Waals surface area contributed by atoms with Gasteiger partial charge < -0.3 is 9.47 Å². The third kappa shape index (κ3) is 6.26. The lowest BCUT2D eigenvalue weighted by molar-refractivity contribution is 1.18. The SMILES string of the molecule is Cc1ccc(-c2cccc(-c3ccc(C)cc3)c2-n2c3ccccc3c3c(N(c4ccc(-c5ccccc5)cc4)c4ccccc4-c4ccccc4)cccc32)cc1. The van der Waals surface area contributed by atoms with E-state index in [1.807, 2.05) is 0 Å². The second-order valence-electron chi connectivity index (χ2n) is 15.1. The minimum atomic E-state index is 1.09. The summed E-state index contributed by atoms with van der Waals surface area (Å²) in [5.74, 6) is 0. The summed E-state index contributed by atoms with van der Waals surface area (Å²) in [6.45, 7) is 4.30. The van der Waals surface area contributed by atoms with E-state index in [2.05, 4.69) is 242 Å². The van der Waals surface area contributed by atoms with E-state index in [4.69, 9.17) is 0 Å². The first-order valence-corrected chi connectivity index (χ1v) is 20.0. The third-order valence-electron chi connectivity index (χ3n) is 11.4. The van der Waals surface area contributed by atoms with E-state index in [1.54, 1.807) is 0 Å². The molecule has 0 unspecified atom stereocenters. The molecule has 9 aromatic carbocycles. The maximum absolute atomic E-state index is 2.51. The van der Waals surface area contributed by atoms with Crippen molar-refractivity contribution in [1.82, 2.24) is 4.57 Å². The van der Waals surface area contributed by atoms with Gasteiger partial charge >= 0.3 is 0 Å². The number of para-hydroxylation sites is 3. The molecule has 276 valence electrons. The molecule has 0 aliphatic rings. The molecule has 0 fully saturated rings. The van der Waals surface area contributed by atoms with Gasteiger partial charge in [0.1, 0.15) is 0 Å². The molecule has 0 aliphatic carbocycles. The van der Waals surface area contributed by atoms with E-state index < -0.39 is 0 Å². The number of aryl methyl sites for hydroxylation is 2. The van der Waals surface area contributed by atoms with Gasteiger partial charge in [-0.1, -0.05) is 193 Å². The van der Waals surface area contributed by atoms with Gasteiger partial charge in [-0.05, 0) is 78.1 Å². The predicted octanol–water partition coefficient (Wildman–Crippen LogP) is 15.5. The van der Waals surface area contributed by atoms with Gasteiger partial charge in [0, 0.05) is 33.2 Å². The van der Waals surface area contributed by atoms with Crippen molar-refractivity contribution in [3.8, 4) is 50.2 Å². The Hall–Kier alpha value is -7.42. The fraction of sp³-hybridized carbons (Fsp3) is 0.0357. The Kier molecular flexibility index (Phi) is 9.01. The number of aromatic nitrogens is 1. The van der Waals surface area contributed by atoms with E-state index in [-0.39, 0.29) is 0 Å². The Balaban J connectivity index is 1.28. The highest BCUT2D eigenvalue weighted by molar-refractivity contribution is 6.17. The predicted molar refractivity (Wildman–Crippen MR) is 247 cm³/mol. The van der Waals surface area contributed by atoms with E-state index in [1.165, 1.54) is 72.1 Å². The van der Waals surface area contributed by atoms with Crippen LogP contribution in [-0.2, 0) is 0 Å². The Morgan fingerprint density at radius 1 is 0.328 bits per heavy atom. The van der Waals surface area contributed by atoms with Crippen LogP contribution in [0.25, 0.3) is 72.0 Å². The topological polar surface area (TPSA) is 8.17 Å². The van der Waals surface area contributed by atoms with Crippen LogP contribution in [0.4, 0.5) is 17.1 Å². The molecule has 0 N–H and O–H groups in total. The molecule has 0 saturated heterocycles. The van der Waals surface area contributed by atoms with Crippen LogP contribution < -0.4 is 4.90 Å².